The lowest BCUT2D eigenvalue weighted by Gasteiger charge is -1.95. The first kappa shape index (κ1) is 7.65. The Bertz CT molecular complexity index is 487. The summed E-state index contributed by atoms with van der Waals surface area (Å²) in [7, 11) is 0. The van der Waals surface area contributed by atoms with Crippen molar-refractivity contribution < 1.29 is 4.79 Å². The quantitative estimate of drug-likeness (QED) is 0.486. The van der Waals surface area contributed by atoms with E-state index >= 15 is 0 Å². The molecule has 2 aromatic rings. The molecule has 0 aliphatic rings. The van der Waals surface area contributed by atoms with Crippen LogP contribution in [0.4, 0.5) is 5.82 Å². The average molecular weight is 170 g/mol. The summed E-state index contributed by atoms with van der Waals surface area (Å²) in [5, 5.41) is 1.03. The number of para-hydroxylation sites is 1. The first-order chi connectivity index (χ1) is 6.40. The molecule has 0 atom stereocenters. The van der Waals surface area contributed by atoms with Crippen LogP contribution in [0.15, 0.2) is 41.4 Å². The molecule has 0 bridgehead atoms. The minimum atomic E-state index is 0.397. The second-order valence-corrected chi connectivity index (χ2v) is 2.57. The molecule has 0 fully saturated rings. The van der Waals surface area contributed by atoms with Crippen molar-refractivity contribution in [2.24, 2.45) is 4.99 Å². The van der Waals surface area contributed by atoms with Gasteiger partial charge >= 0.3 is 0 Å². The highest BCUT2D eigenvalue weighted by Gasteiger charge is 1.94. The van der Waals surface area contributed by atoms with Crippen molar-refractivity contribution in [2.75, 3.05) is 0 Å². The van der Waals surface area contributed by atoms with Crippen LogP contribution in [0.1, 0.15) is 0 Å². The van der Waals surface area contributed by atoms with Crippen molar-refractivity contribution in [3.05, 3.63) is 36.4 Å². The largest absolute Gasteiger partial charge is 0.242 e. The molecule has 13 heavy (non-hydrogen) atoms. The molecular formula is C10H6N2O. The highest BCUT2D eigenvalue weighted by Crippen LogP contribution is 2.15. The van der Waals surface area contributed by atoms with Gasteiger partial charge in [0.05, 0.1) is 5.52 Å². The molecule has 0 N–H and O–H groups in total. The van der Waals surface area contributed by atoms with E-state index in [0.29, 0.717) is 5.82 Å². The molecule has 1 aromatic heterocycles. The summed E-state index contributed by atoms with van der Waals surface area (Å²) in [6.45, 7) is 0. The number of benzene rings is 1. The van der Waals surface area contributed by atoms with Crippen LogP contribution in [-0.2, 0) is 4.79 Å². The number of hydrogen-bond donors (Lipinski definition) is 0. The SMILES string of the molecule is O=C=Nc1ccc2ccccc2n1. The molecule has 3 nitrogen and oxygen atoms in total. The van der Waals surface area contributed by atoms with Crippen molar-refractivity contribution in [3.8, 4) is 0 Å². The molecule has 0 unspecified atom stereocenters. The maximum Gasteiger partial charge on any atom is 0.242 e. The minimum absolute atomic E-state index is 0.397. The lowest BCUT2D eigenvalue weighted by atomic mass is 10.2. The molecule has 0 amide bonds. The summed E-state index contributed by atoms with van der Waals surface area (Å²) in [5.74, 6) is 0.397. The summed E-state index contributed by atoms with van der Waals surface area (Å²) in [6, 6.07) is 11.2. The summed E-state index contributed by atoms with van der Waals surface area (Å²) in [6.07, 6.45) is 1.46. The van der Waals surface area contributed by atoms with E-state index in [1.165, 1.54) is 6.08 Å². The first-order valence-corrected chi connectivity index (χ1v) is 3.84. The van der Waals surface area contributed by atoms with E-state index in [1.807, 2.05) is 30.3 Å². The topological polar surface area (TPSA) is 42.3 Å². The Hall–Kier alpha value is -1.99. The van der Waals surface area contributed by atoms with Gasteiger partial charge < -0.3 is 0 Å². The standard InChI is InChI=1S/C10H6N2O/c13-7-11-10-6-5-8-3-1-2-4-9(8)12-10/h1-6H. The van der Waals surface area contributed by atoms with Gasteiger partial charge in [0.25, 0.3) is 0 Å². The molecule has 2 rings (SSSR count). The third kappa shape index (κ3) is 1.45. The lowest BCUT2D eigenvalue weighted by Crippen LogP contribution is -1.77. The number of rotatable bonds is 1. The molecule has 0 saturated carbocycles. The number of carbonyl (C=O) groups excluding carboxylic acids is 1. The van der Waals surface area contributed by atoms with Crippen LogP contribution in [0.5, 0.6) is 0 Å². The van der Waals surface area contributed by atoms with Crippen molar-refractivity contribution in [1.29, 1.82) is 0 Å². The molecule has 0 aliphatic heterocycles. The van der Waals surface area contributed by atoms with Crippen LogP contribution in [0, 0.1) is 0 Å². The van der Waals surface area contributed by atoms with Gasteiger partial charge in [0.1, 0.15) is 0 Å². The summed E-state index contributed by atoms with van der Waals surface area (Å²) >= 11 is 0. The zero-order valence-electron chi connectivity index (χ0n) is 6.77. The van der Waals surface area contributed by atoms with Crippen molar-refractivity contribution >= 4 is 22.8 Å². The molecule has 62 valence electrons. The molecular weight excluding hydrogens is 164 g/mol. The Morgan fingerprint density at radius 2 is 2.00 bits per heavy atom. The minimum Gasteiger partial charge on any atom is -0.228 e. The zero-order chi connectivity index (χ0) is 9.10. The maximum absolute atomic E-state index is 9.98. The van der Waals surface area contributed by atoms with Crippen LogP contribution in [0.3, 0.4) is 0 Å². The van der Waals surface area contributed by atoms with Gasteiger partial charge in [-0.2, -0.15) is 0 Å². The Balaban J connectivity index is 2.68. The Morgan fingerprint density at radius 3 is 2.85 bits per heavy atom. The number of isocyanates is 1. The number of aromatic nitrogens is 1. The first-order valence-electron chi connectivity index (χ1n) is 3.84. The van der Waals surface area contributed by atoms with E-state index in [2.05, 4.69) is 9.98 Å². The average Bonchev–Trinajstić information content (AvgIpc) is 2.18. The Morgan fingerprint density at radius 1 is 1.15 bits per heavy atom. The second-order valence-electron chi connectivity index (χ2n) is 2.57. The van der Waals surface area contributed by atoms with E-state index in [4.69, 9.17) is 0 Å². The van der Waals surface area contributed by atoms with Crippen LogP contribution in [-0.4, -0.2) is 11.1 Å². The number of aliphatic imine (C=N–C) groups is 1. The van der Waals surface area contributed by atoms with Gasteiger partial charge in [-0.3, -0.25) is 0 Å². The van der Waals surface area contributed by atoms with E-state index < -0.39 is 0 Å². The van der Waals surface area contributed by atoms with Gasteiger partial charge in [-0.1, -0.05) is 18.2 Å². The molecule has 0 saturated heterocycles. The fraction of sp³-hybridized carbons (Fsp3) is 0. The molecule has 3 heteroatoms. The van der Waals surface area contributed by atoms with Crippen LogP contribution in [0.25, 0.3) is 10.9 Å². The Kier molecular flexibility index (Phi) is 1.87. The molecule has 0 radical (unpaired) electrons. The van der Waals surface area contributed by atoms with E-state index in [-0.39, 0.29) is 0 Å². The Labute approximate surface area is 74.8 Å². The smallest absolute Gasteiger partial charge is 0.228 e. The lowest BCUT2D eigenvalue weighted by molar-refractivity contribution is 0.565. The van der Waals surface area contributed by atoms with Gasteiger partial charge in [0.2, 0.25) is 6.08 Å². The van der Waals surface area contributed by atoms with Gasteiger partial charge in [0.15, 0.2) is 5.82 Å². The van der Waals surface area contributed by atoms with Crippen LogP contribution in [0.2, 0.25) is 0 Å². The predicted octanol–water partition coefficient (Wildman–Crippen LogP) is 2.20. The number of pyridine rings is 1. The van der Waals surface area contributed by atoms with Crippen LogP contribution < -0.4 is 0 Å². The van der Waals surface area contributed by atoms with E-state index in [0.717, 1.165) is 10.9 Å². The normalized spacial score (nSPS) is 9.54. The summed E-state index contributed by atoms with van der Waals surface area (Å²) in [5.41, 5.74) is 0.832. The van der Waals surface area contributed by atoms with E-state index in [9.17, 15) is 4.79 Å². The van der Waals surface area contributed by atoms with Crippen molar-refractivity contribution in [2.45, 2.75) is 0 Å². The third-order valence-electron chi connectivity index (χ3n) is 1.74. The fourth-order valence-electron chi connectivity index (χ4n) is 1.16. The summed E-state index contributed by atoms with van der Waals surface area (Å²) < 4.78 is 0. The van der Waals surface area contributed by atoms with Gasteiger partial charge in [-0.15, -0.1) is 4.99 Å². The zero-order valence-corrected chi connectivity index (χ0v) is 6.77. The number of hydrogen-bond acceptors (Lipinski definition) is 3. The predicted molar refractivity (Wildman–Crippen MR) is 49.5 cm³/mol. The van der Waals surface area contributed by atoms with Crippen molar-refractivity contribution in [3.63, 3.8) is 0 Å². The summed E-state index contributed by atoms with van der Waals surface area (Å²) in [4.78, 5) is 17.6. The second kappa shape index (κ2) is 3.17. The maximum atomic E-state index is 9.98. The van der Waals surface area contributed by atoms with Gasteiger partial charge in [-0.25, -0.2) is 9.78 Å². The third-order valence-corrected chi connectivity index (χ3v) is 1.74. The molecule has 0 aliphatic carbocycles. The van der Waals surface area contributed by atoms with Crippen LogP contribution >= 0.6 is 0 Å². The number of fused-ring (bicyclic) bond motifs is 1. The highest BCUT2D eigenvalue weighted by atomic mass is 16.1. The van der Waals surface area contributed by atoms with Gasteiger partial charge in [0, 0.05) is 5.39 Å². The highest BCUT2D eigenvalue weighted by molar-refractivity contribution is 5.79. The molecule has 1 heterocycles. The number of nitrogens with zero attached hydrogens (tertiary/aromatic N) is 2. The molecule has 1 aromatic carbocycles. The molecule has 0 spiro atoms. The van der Waals surface area contributed by atoms with Gasteiger partial charge in [-0.05, 0) is 18.2 Å². The van der Waals surface area contributed by atoms with Crippen molar-refractivity contribution in [1.82, 2.24) is 4.98 Å². The fourth-order valence-corrected chi connectivity index (χ4v) is 1.16. The van der Waals surface area contributed by atoms with E-state index in [1.54, 1.807) is 6.07 Å². The monoisotopic (exact) mass is 170 g/mol.